The Morgan fingerprint density at radius 1 is 1.06 bits per heavy atom. The Hall–Kier alpha value is -3.69. The molecule has 0 spiro atoms. The van der Waals surface area contributed by atoms with E-state index >= 15 is 0 Å². The van der Waals surface area contributed by atoms with Crippen molar-refractivity contribution in [3.63, 3.8) is 0 Å². The molecule has 1 aliphatic heterocycles. The summed E-state index contributed by atoms with van der Waals surface area (Å²) in [7, 11) is 1.63. The molecule has 0 saturated carbocycles. The van der Waals surface area contributed by atoms with Crippen LogP contribution in [0.5, 0.6) is 5.75 Å². The van der Waals surface area contributed by atoms with Crippen LogP contribution in [-0.4, -0.2) is 50.6 Å². The van der Waals surface area contributed by atoms with Gasteiger partial charge in [0.1, 0.15) is 6.61 Å². The Bertz CT molecular complexity index is 1110. The lowest BCUT2D eigenvalue weighted by Gasteiger charge is -2.32. The second-order valence-electron chi connectivity index (χ2n) is 8.43. The predicted molar refractivity (Wildman–Crippen MR) is 125 cm³/mol. The van der Waals surface area contributed by atoms with Crippen molar-refractivity contribution >= 4 is 11.8 Å². The maximum absolute atomic E-state index is 13.2. The molecule has 3 heterocycles. The maximum Gasteiger partial charge on any atom is 0.295 e. The molecule has 9 heteroatoms. The van der Waals surface area contributed by atoms with Gasteiger partial charge in [-0.25, -0.2) is 5.48 Å². The average Bonchev–Trinajstić information content (AvgIpc) is 3.21. The third-order valence-corrected chi connectivity index (χ3v) is 6.00. The summed E-state index contributed by atoms with van der Waals surface area (Å²) < 4.78 is 7.38. The molecule has 4 rings (SSSR count). The van der Waals surface area contributed by atoms with E-state index in [4.69, 9.17) is 4.74 Å². The number of piperidine rings is 1. The van der Waals surface area contributed by atoms with E-state index < -0.39 is 5.91 Å². The van der Waals surface area contributed by atoms with Crippen molar-refractivity contribution in [2.75, 3.05) is 13.1 Å². The van der Waals surface area contributed by atoms with Crippen LogP contribution in [0.25, 0.3) is 0 Å². The number of hydroxylamine groups is 1. The maximum atomic E-state index is 13.2. The first kappa shape index (κ1) is 23.5. The van der Waals surface area contributed by atoms with Gasteiger partial charge < -0.3 is 14.6 Å². The molecule has 3 N–H and O–H groups in total. The molecule has 3 aromatic rings. The fourth-order valence-corrected chi connectivity index (χ4v) is 4.20. The Labute approximate surface area is 198 Å². The normalized spacial score (nSPS) is 14.5. The number of rotatable bonds is 8. The summed E-state index contributed by atoms with van der Waals surface area (Å²) in [5, 5.41) is 12.3. The number of ether oxygens (including phenoxy) is 1. The molecule has 1 aliphatic rings. The SMILES string of the molecule is Cn1cc(C(=O)NC2CCN(Cc3ccccc3)CC2)c(OCc2ccncc2)c1C(=O)NO. The zero-order valence-corrected chi connectivity index (χ0v) is 19.1. The van der Waals surface area contributed by atoms with Crippen LogP contribution in [0.3, 0.4) is 0 Å². The predicted octanol–water partition coefficient (Wildman–Crippen LogP) is 2.51. The Balaban J connectivity index is 1.42. The van der Waals surface area contributed by atoms with E-state index in [9.17, 15) is 14.8 Å². The highest BCUT2D eigenvalue weighted by atomic mass is 16.5. The molecule has 1 saturated heterocycles. The molecule has 0 bridgehead atoms. The van der Waals surface area contributed by atoms with E-state index in [2.05, 4.69) is 27.3 Å². The largest absolute Gasteiger partial charge is 0.486 e. The number of aryl methyl sites for hydroxylation is 1. The van der Waals surface area contributed by atoms with E-state index in [0.29, 0.717) is 0 Å². The summed E-state index contributed by atoms with van der Waals surface area (Å²) >= 11 is 0. The smallest absolute Gasteiger partial charge is 0.295 e. The third kappa shape index (κ3) is 5.62. The minimum Gasteiger partial charge on any atom is -0.486 e. The van der Waals surface area contributed by atoms with Gasteiger partial charge >= 0.3 is 0 Å². The number of likely N-dealkylation sites (tertiary alicyclic amines) is 1. The lowest BCUT2D eigenvalue weighted by Crippen LogP contribution is -2.44. The van der Waals surface area contributed by atoms with Crippen LogP contribution in [0.1, 0.15) is 44.8 Å². The number of hydrogen-bond acceptors (Lipinski definition) is 6. The average molecular weight is 464 g/mol. The van der Waals surface area contributed by atoms with Crippen LogP contribution >= 0.6 is 0 Å². The van der Waals surface area contributed by atoms with Gasteiger partial charge in [-0.15, -0.1) is 0 Å². The van der Waals surface area contributed by atoms with Gasteiger partial charge in [-0.1, -0.05) is 30.3 Å². The number of hydrogen-bond donors (Lipinski definition) is 3. The molecule has 2 amide bonds. The van der Waals surface area contributed by atoms with Gasteiger partial charge in [0, 0.05) is 51.3 Å². The van der Waals surface area contributed by atoms with Crippen LogP contribution in [-0.2, 0) is 20.2 Å². The highest BCUT2D eigenvalue weighted by Gasteiger charge is 2.28. The number of aromatic nitrogens is 2. The van der Waals surface area contributed by atoms with E-state index in [1.165, 1.54) is 10.1 Å². The van der Waals surface area contributed by atoms with Crippen LogP contribution in [0.2, 0.25) is 0 Å². The second-order valence-corrected chi connectivity index (χ2v) is 8.43. The first-order chi connectivity index (χ1) is 16.5. The Morgan fingerprint density at radius 2 is 1.76 bits per heavy atom. The van der Waals surface area contributed by atoms with Crippen molar-refractivity contribution in [1.82, 2.24) is 25.2 Å². The van der Waals surface area contributed by atoms with E-state index in [-0.39, 0.29) is 35.6 Å². The quantitative estimate of drug-likeness (QED) is 0.350. The molecule has 0 radical (unpaired) electrons. The molecular weight excluding hydrogens is 434 g/mol. The lowest BCUT2D eigenvalue weighted by molar-refractivity contribution is 0.0692. The summed E-state index contributed by atoms with van der Waals surface area (Å²) in [4.78, 5) is 31.8. The van der Waals surface area contributed by atoms with Crippen molar-refractivity contribution in [3.05, 3.63) is 83.4 Å². The molecule has 0 unspecified atom stereocenters. The molecular formula is C25H29N5O4. The van der Waals surface area contributed by atoms with E-state index in [1.54, 1.807) is 43.3 Å². The van der Waals surface area contributed by atoms with Crippen LogP contribution in [0.15, 0.2) is 61.1 Å². The highest BCUT2D eigenvalue weighted by Crippen LogP contribution is 2.28. The van der Waals surface area contributed by atoms with Crippen molar-refractivity contribution in [2.45, 2.75) is 32.0 Å². The zero-order valence-electron chi connectivity index (χ0n) is 19.1. The number of amides is 2. The molecule has 178 valence electrons. The molecule has 9 nitrogen and oxygen atoms in total. The summed E-state index contributed by atoms with van der Waals surface area (Å²) in [6.07, 6.45) is 6.50. The zero-order chi connectivity index (χ0) is 23.9. The van der Waals surface area contributed by atoms with Crippen molar-refractivity contribution in [2.24, 2.45) is 7.05 Å². The van der Waals surface area contributed by atoms with Crippen LogP contribution in [0, 0.1) is 0 Å². The lowest BCUT2D eigenvalue weighted by atomic mass is 10.0. The summed E-state index contributed by atoms with van der Waals surface area (Å²) in [6.45, 7) is 2.82. The third-order valence-electron chi connectivity index (χ3n) is 6.00. The Kier molecular flexibility index (Phi) is 7.56. The van der Waals surface area contributed by atoms with Gasteiger partial charge in [-0.05, 0) is 36.1 Å². The van der Waals surface area contributed by atoms with Crippen molar-refractivity contribution in [3.8, 4) is 5.75 Å². The summed E-state index contributed by atoms with van der Waals surface area (Å²) in [5.41, 5.74) is 4.07. The number of pyridine rings is 1. The second kappa shape index (κ2) is 11.0. The van der Waals surface area contributed by atoms with Gasteiger partial charge in [-0.2, -0.15) is 0 Å². The molecule has 34 heavy (non-hydrogen) atoms. The van der Waals surface area contributed by atoms with Gasteiger partial charge in [0.15, 0.2) is 11.4 Å². The molecule has 0 atom stereocenters. The molecule has 0 aliphatic carbocycles. The number of nitrogens with zero attached hydrogens (tertiary/aromatic N) is 3. The van der Waals surface area contributed by atoms with Crippen LogP contribution in [0.4, 0.5) is 0 Å². The van der Waals surface area contributed by atoms with Crippen molar-refractivity contribution < 1.29 is 19.5 Å². The van der Waals surface area contributed by atoms with Crippen LogP contribution < -0.4 is 15.5 Å². The minimum absolute atomic E-state index is 0.0305. The van der Waals surface area contributed by atoms with Gasteiger partial charge in [-0.3, -0.25) is 24.7 Å². The minimum atomic E-state index is -0.750. The number of carbonyl (C=O) groups is 2. The molecule has 2 aromatic heterocycles. The Morgan fingerprint density at radius 3 is 2.44 bits per heavy atom. The first-order valence-corrected chi connectivity index (χ1v) is 11.3. The fraction of sp³-hybridized carbons (Fsp3) is 0.320. The number of benzene rings is 1. The van der Waals surface area contributed by atoms with E-state index in [0.717, 1.165) is 38.0 Å². The fourth-order valence-electron chi connectivity index (χ4n) is 4.20. The van der Waals surface area contributed by atoms with E-state index in [1.807, 2.05) is 18.2 Å². The van der Waals surface area contributed by atoms with Gasteiger partial charge in [0.25, 0.3) is 11.8 Å². The number of nitrogens with one attached hydrogen (secondary N) is 2. The standard InChI is InChI=1S/C25H29N5O4/c1-29-16-21(23(22(29)25(32)28-33)34-17-19-7-11-26-12-8-19)24(31)27-20-9-13-30(14-10-20)15-18-5-3-2-4-6-18/h2-8,11-12,16,20,33H,9-10,13-15,17H2,1H3,(H,27,31)(H,28,32). The number of carbonyl (C=O) groups excluding carboxylic acids is 2. The molecule has 1 aromatic carbocycles. The van der Waals surface area contributed by atoms with Gasteiger partial charge in [0.05, 0.1) is 5.56 Å². The monoisotopic (exact) mass is 463 g/mol. The summed E-state index contributed by atoms with van der Waals surface area (Å²) in [5.74, 6) is -0.927. The van der Waals surface area contributed by atoms with Gasteiger partial charge in [0.2, 0.25) is 0 Å². The molecule has 1 fully saturated rings. The van der Waals surface area contributed by atoms with Crippen molar-refractivity contribution in [1.29, 1.82) is 0 Å². The summed E-state index contributed by atoms with van der Waals surface area (Å²) in [6, 6.07) is 14.0. The topological polar surface area (TPSA) is 109 Å². The first-order valence-electron chi connectivity index (χ1n) is 11.3. The highest BCUT2D eigenvalue weighted by molar-refractivity contribution is 6.03.